The van der Waals surface area contributed by atoms with Gasteiger partial charge in [-0.05, 0) is 17.5 Å². The van der Waals surface area contributed by atoms with Crippen molar-refractivity contribution in [3.05, 3.63) is 17.3 Å². The molecule has 0 saturated carbocycles. The zero-order chi connectivity index (χ0) is 12.6. The van der Waals surface area contributed by atoms with Gasteiger partial charge in [-0.15, -0.1) is 0 Å². The highest BCUT2D eigenvalue weighted by Gasteiger charge is 2.03. The van der Waals surface area contributed by atoms with Crippen molar-refractivity contribution in [3.63, 3.8) is 0 Å². The fourth-order valence-corrected chi connectivity index (χ4v) is 0.889. The third kappa shape index (κ3) is 7.70. The lowest BCUT2D eigenvalue weighted by Gasteiger charge is -2.03. The summed E-state index contributed by atoms with van der Waals surface area (Å²) >= 11 is 9.40. The van der Waals surface area contributed by atoms with Gasteiger partial charge in [0.2, 0.25) is 5.28 Å². The molecule has 0 radical (unpaired) electrons. The van der Waals surface area contributed by atoms with Crippen molar-refractivity contribution in [1.82, 2.24) is 9.97 Å². The minimum absolute atomic E-state index is 0.0260. The SMILES string of the molecule is CC(C)C.Fc1cnc(Cl)nc1NCCS. The van der Waals surface area contributed by atoms with Crippen molar-refractivity contribution in [3.8, 4) is 0 Å². The highest BCUT2D eigenvalue weighted by atomic mass is 35.5. The zero-order valence-electron chi connectivity index (χ0n) is 9.67. The van der Waals surface area contributed by atoms with Crippen molar-refractivity contribution < 1.29 is 4.39 Å². The minimum Gasteiger partial charge on any atom is -0.367 e. The fourth-order valence-electron chi connectivity index (χ4n) is 0.644. The summed E-state index contributed by atoms with van der Waals surface area (Å²) < 4.78 is 12.8. The molecular weight excluding hydrogens is 249 g/mol. The second-order valence-electron chi connectivity index (χ2n) is 3.72. The topological polar surface area (TPSA) is 37.8 Å². The van der Waals surface area contributed by atoms with Crippen LogP contribution in [0.2, 0.25) is 5.28 Å². The van der Waals surface area contributed by atoms with E-state index in [4.69, 9.17) is 11.6 Å². The molecule has 1 heterocycles. The molecule has 0 fully saturated rings. The predicted molar refractivity (Wildman–Crippen MR) is 69.9 cm³/mol. The molecule has 0 aliphatic rings. The summed E-state index contributed by atoms with van der Waals surface area (Å²) in [5.41, 5.74) is 0. The number of halogens is 2. The smallest absolute Gasteiger partial charge is 0.224 e. The molecule has 92 valence electrons. The standard InChI is InChI=1S/C6H7ClFN3S.C4H10/c7-6-10-3-4(8)5(11-6)9-1-2-12;1-4(2)3/h3,12H,1-2H2,(H,9,10,11);4H,1-3H3. The maximum Gasteiger partial charge on any atom is 0.224 e. The van der Waals surface area contributed by atoms with E-state index >= 15 is 0 Å². The fraction of sp³-hybridized carbons (Fsp3) is 0.600. The van der Waals surface area contributed by atoms with Crippen LogP contribution in [-0.4, -0.2) is 22.3 Å². The number of hydrogen-bond donors (Lipinski definition) is 2. The van der Waals surface area contributed by atoms with Crippen LogP contribution in [0.4, 0.5) is 10.2 Å². The van der Waals surface area contributed by atoms with Gasteiger partial charge in [0.05, 0.1) is 6.20 Å². The van der Waals surface area contributed by atoms with E-state index in [1.807, 2.05) is 0 Å². The van der Waals surface area contributed by atoms with Gasteiger partial charge in [-0.1, -0.05) is 20.8 Å². The average Bonchev–Trinajstić information content (AvgIpc) is 2.19. The molecule has 16 heavy (non-hydrogen) atoms. The Hall–Kier alpha value is -0.550. The lowest BCUT2D eigenvalue weighted by atomic mass is 10.3. The van der Waals surface area contributed by atoms with E-state index < -0.39 is 5.82 Å². The van der Waals surface area contributed by atoms with Gasteiger partial charge in [0, 0.05) is 12.3 Å². The Morgan fingerprint density at radius 3 is 2.56 bits per heavy atom. The van der Waals surface area contributed by atoms with E-state index in [1.165, 1.54) is 0 Å². The highest BCUT2D eigenvalue weighted by molar-refractivity contribution is 7.80. The number of nitrogens with zero attached hydrogens (tertiary/aromatic N) is 2. The van der Waals surface area contributed by atoms with Crippen LogP contribution >= 0.6 is 24.2 Å². The molecule has 1 rings (SSSR count). The number of anilines is 1. The van der Waals surface area contributed by atoms with Crippen LogP contribution in [0, 0.1) is 11.7 Å². The summed E-state index contributed by atoms with van der Waals surface area (Å²) in [6, 6.07) is 0. The third-order valence-corrected chi connectivity index (χ3v) is 1.52. The van der Waals surface area contributed by atoms with Gasteiger partial charge in [0.1, 0.15) is 0 Å². The van der Waals surface area contributed by atoms with Crippen molar-refractivity contribution in [2.75, 3.05) is 17.6 Å². The van der Waals surface area contributed by atoms with E-state index in [2.05, 4.69) is 48.7 Å². The van der Waals surface area contributed by atoms with Crippen LogP contribution < -0.4 is 5.32 Å². The monoisotopic (exact) mass is 265 g/mol. The first kappa shape index (κ1) is 15.4. The number of rotatable bonds is 3. The van der Waals surface area contributed by atoms with Crippen LogP contribution in [0.3, 0.4) is 0 Å². The van der Waals surface area contributed by atoms with Gasteiger partial charge in [0.15, 0.2) is 11.6 Å². The van der Waals surface area contributed by atoms with Crippen molar-refractivity contribution in [2.24, 2.45) is 5.92 Å². The number of hydrogen-bond acceptors (Lipinski definition) is 4. The first-order chi connectivity index (χ1) is 7.47. The molecule has 0 amide bonds. The van der Waals surface area contributed by atoms with E-state index in [1.54, 1.807) is 0 Å². The summed E-state index contributed by atoms with van der Waals surface area (Å²) in [7, 11) is 0. The normalized spacial score (nSPS) is 9.69. The van der Waals surface area contributed by atoms with E-state index in [0.29, 0.717) is 12.3 Å². The summed E-state index contributed by atoms with van der Waals surface area (Å²) in [5, 5.41) is 2.74. The van der Waals surface area contributed by atoms with Crippen molar-refractivity contribution in [1.29, 1.82) is 0 Å². The lowest BCUT2D eigenvalue weighted by Crippen LogP contribution is -2.06. The van der Waals surface area contributed by atoms with Gasteiger partial charge in [-0.2, -0.15) is 17.6 Å². The molecular formula is C10H17ClFN3S. The van der Waals surface area contributed by atoms with Gasteiger partial charge in [0.25, 0.3) is 0 Å². The van der Waals surface area contributed by atoms with Crippen molar-refractivity contribution in [2.45, 2.75) is 20.8 Å². The predicted octanol–water partition coefficient (Wildman–Crippen LogP) is 3.27. The Kier molecular flexibility index (Phi) is 8.29. The van der Waals surface area contributed by atoms with Gasteiger partial charge < -0.3 is 5.32 Å². The Morgan fingerprint density at radius 1 is 1.50 bits per heavy atom. The van der Waals surface area contributed by atoms with Gasteiger partial charge in [-0.3, -0.25) is 0 Å². The summed E-state index contributed by atoms with van der Waals surface area (Å²) in [4.78, 5) is 7.11. The van der Waals surface area contributed by atoms with Crippen LogP contribution in [0.25, 0.3) is 0 Å². The Morgan fingerprint density at radius 2 is 2.06 bits per heavy atom. The second-order valence-corrected chi connectivity index (χ2v) is 4.50. The average molecular weight is 266 g/mol. The molecule has 0 bridgehead atoms. The first-order valence-electron chi connectivity index (χ1n) is 5.00. The molecule has 0 saturated heterocycles. The minimum atomic E-state index is -0.513. The van der Waals surface area contributed by atoms with E-state index in [-0.39, 0.29) is 11.1 Å². The summed E-state index contributed by atoms with van der Waals surface area (Å²) in [6.07, 6.45) is 1.02. The van der Waals surface area contributed by atoms with Crippen molar-refractivity contribution >= 4 is 30.0 Å². The molecule has 3 nitrogen and oxygen atoms in total. The highest BCUT2D eigenvalue weighted by Crippen LogP contribution is 2.11. The Labute approximate surface area is 106 Å². The molecule has 6 heteroatoms. The molecule has 1 aromatic rings. The summed E-state index contributed by atoms with van der Waals surface area (Å²) in [5.74, 6) is 1.03. The molecule has 0 aromatic carbocycles. The van der Waals surface area contributed by atoms with E-state index in [0.717, 1.165) is 12.1 Å². The van der Waals surface area contributed by atoms with E-state index in [9.17, 15) is 4.39 Å². The third-order valence-electron chi connectivity index (χ3n) is 1.12. The molecule has 0 atom stereocenters. The number of aromatic nitrogens is 2. The second kappa shape index (κ2) is 8.58. The zero-order valence-corrected chi connectivity index (χ0v) is 11.3. The molecule has 1 aromatic heterocycles. The van der Waals surface area contributed by atoms with Crippen LogP contribution in [0.15, 0.2) is 6.20 Å². The largest absolute Gasteiger partial charge is 0.367 e. The Balaban J connectivity index is 0.000000487. The number of thiol groups is 1. The molecule has 0 aliphatic heterocycles. The summed E-state index contributed by atoms with van der Waals surface area (Å²) in [6.45, 7) is 7.04. The molecule has 0 aliphatic carbocycles. The Bertz CT molecular complexity index is 307. The maximum atomic E-state index is 12.8. The molecule has 0 unspecified atom stereocenters. The first-order valence-corrected chi connectivity index (χ1v) is 6.01. The molecule has 1 N–H and O–H groups in total. The quantitative estimate of drug-likeness (QED) is 0.651. The lowest BCUT2D eigenvalue weighted by molar-refractivity contribution is 0.617. The van der Waals surface area contributed by atoms with Crippen LogP contribution in [-0.2, 0) is 0 Å². The molecule has 0 spiro atoms. The number of nitrogens with one attached hydrogen (secondary N) is 1. The van der Waals surface area contributed by atoms with Crippen LogP contribution in [0.1, 0.15) is 20.8 Å². The van der Waals surface area contributed by atoms with Gasteiger partial charge in [-0.25, -0.2) is 9.37 Å². The van der Waals surface area contributed by atoms with Crippen LogP contribution in [0.5, 0.6) is 0 Å². The maximum absolute atomic E-state index is 12.8. The van der Waals surface area contributed by atoms with Gasteiger partial charge >= 0.3 is 0 Å².